The summed E-state index contributed by atoms with van der Waals surface area (Å²) < 4.78 is 0. The van der Waals surface area contributed by atoms with Gasteiger partial charge in [0.2, 0.25) is 0 Å². The molecule has 1 aromatic heterocycles. The highest BCUT2D eigenvalue weighted by Gasteiger charge is 2.25. The first kappa shape index (κ1) is 12.1. The first-order chi connectivity index (χ1) is 7.70. The number of aryl methyl sites for hydroxylation is 1. The predicted molar refractivity (Wildman–Crippen MR) is 70.8 cm³/mol. The van der Waals surface area contributed by atoms with E-state index in [1.54, 1.807) is 23.1 Å². The zero-order chi connectivity index (χ0) is 11.5. The van der Waals surface area contributed by atoms with E-state index in [-0.39, 0.29) is 0 Å². The van der Waals surface area contributed by atoms with Crippen molar-refractivity contribution in [3.05, 3.63) is 15.8 Å². The van der Waals surface area contributed by atoms with Gasteiger partial charge in [0.25, 0.3) is 0 Å². The molecule has 16 heavy (non-hydrogen) atoms. The maximum atomic E-state index is 10.8. The smallest absolute Gasteiger partial charge is 0.161 e. The fourth-order valence-electron chi connectivity index (χ4n) is 1.70. The van der Waals surface area contributed by atoms with Gasteiger partial charge >= 0.3 is 0 Å². The standard InChI is InChI=1S/C12H17NOS2/c1-9-7-11(12(8-14)16-9)15-6-5-13(2)10-3-4-10/h7-8,10H,3-6H2,1-2H3. The van der Waals surface area contributed by atoms with E-state index in [0.717, 1.165) is 34.4 Å². The molecule has 0 bridgehead atoms. The molecule has 0 spiro atoms. The first-order valence-corrected chi connectivity index (χ1v) is 7.39. The molecule has 1 heterocycles. The molecule has 1 saturated carbocycles. The number of rotatable bonds is 6. The van der Waals surface area contributed by atoms with Gasteiger partial charge in [0.1, 0.15) is 0 Å². The predicted octanol–water partition coefficient (Wildman–Crippen LogP) is 3.06. The summed E-state index contributed by atoms with van der Waals surface area (Å²) in [4.78, 5) is 16.5. The lowest BCUT2D eigenvalue weighted by Crippen LogP contribution is -2.23. The average molecular weight is 255 g/mol. The molecule has 2 nitrogen and oxygen atoms in total. The molecule has 1 aliphatic carbocycles. The summed E-state index contributed by atoms with van der Waals surface area (Å²) in [6.45, 7) is 3.17. The normalized spacial score (nSPS) is 15.7. The van der Waals surface area contributed by atoms with E-state index in [1.807, 2.05) is 0 Å². The Morgan fingerprint density at radius 3 is 3.00 bits per heavy atom. The first-order valence-electron chi connectivity index (χ1n) is 5.59. The second-order valence-corrected chi connectivity index (χ2v) is 6.69. The van der Waals surface area contributed by atoms with E-state index >= 15 is 0 Å². The minimum Gasteiger partial charge on any atom is -0.303 e. The van der Waals surface area contributed by atoms with Crippen LogP contribution in [0.4, 0.5) is 0 Å². The van der Waals surface area contributed by atoms with Crippen molar-refractivity contribution in [3.8, 4) is 0 Å². The number of carbonyl (C=O) groups excluding carboxylic acids is 1. The quantitative estimate of drug-likeness (QED) is 0.575. The molecule has 1 fully saturated rings. The number of carbonyl (C=O) groups is 1. The Morgan fingerprint density at radius 1 is 1.62 bits per heavy atom. The molecule has 2 rings (SSSR count). The number of thiophene rings is 1. The summed E-state index contributed by atoms with van der Waals surface area (Å²) >= 11 is 3.39. The van der Waals surface area contributed by atoms with Gasteiger partial charge in [-0.25, -0.2) is 0 Å². The van der Waals surface area contributed by atoms with Crippen LogP contribution in [0.25, 0.3) is 0 Å². The van der Waals surface area contributed by atoms with E-state index in [4.69, 9.17) is 0 Å². The Bertz CT molecular complexity index is 371. The molecule has 88 valence electrons. The Balaban J connectivity index is 1.81. The second-order valence-electron chi connectivity index (χ2n) is 4.26. The van der Waals surface area contributed by atoms with Crippen molar-refractivity contribution in [2.24, 2.45) is 0 Å². The van der Waals surface area contributed by atoms with E-state index in [9.17, 15) is 4.79 Å². The minimum absolute atomic E-state index is 0.829. The summed E-state index contributed by atoms with van der Waals surface area (Å²) in [5, 5.41) is 0. The molecule has 0 amide bonds. The molecule has 0 atom stereocenters. The zero-order valence-electron chi connectivity index (χ0n) is 9.73. The summed E-state index contributed by atoms with van der Waals surface area (Å²) in [5.74, 6) is 1.07. The van der Waals surface area contributed by atoms with Crippen LogP contribution < -0.4 is 0 Å². The fourth-order valence-corrected chi connectivity index (χ4v) is 3.86. The van der Waals surface area contributed by atoms with Crippen LogP contribution in [-0.4, -0.2) is 36.6 Å². The van der Waals surface area contributed by atoms with Gasteiger partial charge < -0.3 is 4.90 Å². The fraction of sp³-hybridized carbons (Fsp3) is 0.583. The van der Waals surface area contributed by atoms with Crippen LogP contribution in [0.15, 0.2) is 11.0 Å². The molecule has 0 N–H and O–H groups in total. The van der Waals surface area contributed by atoms with Crippen LogP contribution in [0.5, 0.6) is 0 Å². The third-order valence-electron chi connectivity index (χ3n) is 2.83. The Morgan fingerprint density at radius 2 is 2.38 bits per heavy atom. The molecule has 1 aromatic rings. The Hall–Kier alpha value is -0.320. The lowest BCUT2D eigenvalue weighted by atomic mass is 10.4. The highest BCUT2D eigenvalue weighted by atomic mass is 32.2. The van der Waals surface area contributed by atoms with Crippen LogP contribution in [0.1, 0.15) is 27.4 Å². The van der Waals surface area contributed by atoms with Gasteiger partial charge in [0, 0.05) is 28.1 Å². The van der Waals surface area contributed by atoms with Crippen molar-refractivity contribution >= 4 is 29.4 Å². The average Bonchev–Trinajstić information content (AvgIpc) is 3.03. The largest absolute Gasteiger partial charge is 0.303 e. The Labute approximate surface area is 105 Å². The van der Waals surface area contributed by atoms with Crippen molar-refractivity contribution in [3.63, 3.8) is 0 Å². The summed E-state index contributed by atoms with van der Waals surface area (Å²) in [7, 11) is 2.19. The van der Waals surface area contributed by atoms with Gasteiger partial charge in [-0.3, -0.25) is 4.79 Å². The molecular weight excluding hydrogens is 238 g/mol. The highest BCUT2D eigenvalue weighted by molar-refractivity contribution is 7.99. The maximum absolute atomic E-state index is 10.8. The van der Waals surface area contributed by atoms with Crippen molar-refractivity contribution in [2.45, 2.75) is 30.7 Å². The van der Waals surface area contributed by atoms with E-state index in [1.165, 1.54) is 17.7 Å². The van der Waals surface area contributed by atoms with Crippen LogP contribution in [0.3, 0.4) is 0 Å². The molecule has 4 heteroatoms. The SMILES string of the molecule is Cc1cc(SCCN(C)C2CC2)c(C=O)s1. The number of aldehydes is 1. The van der Waals surface area contributed by atoms with Crippen molar-refractivity contribution in [1.29, 1.82) is 0 Å². The molecular formula is C12H17NOS2. The molecule has 0 radical (unpaired) electrons. The van der Waals surface area contributed by atoms with Crippen LogP contribution in [0.2, 0.25) is 0 Å². The topological polar surface area (TPSA) is 20.3 Å². The lowest BCUT2D eigenvalue weighted by Gasteiger charge is -2.14. The van der Waals surface area contributed by atoms with Crippen molar-refractivity contribution in [1.82, 2.24) is 4.90 Å². The maximum Gasteiger partial charge on any atom is 0.161 e. The van der Waals surface area contributed by atoms with Crippen LogP contribution in [0, 0.1) is 6.92 Å². The van der Waals surface area contributed by atoms with Gasteiger partial charge in [-0.05, 0) is 32.9 Å². The van der Waals surface area contributed by atoms with Gasteiger partial charge in [-0.15, -0.1) is 23.1 Å². The molecule has 0 unspecified atom stereocenters. The molecule has 1 aliphatic rings. The third-order valence-corrected chi connectivity index (χ3v) is 4.97. The molecule has 0 saturated heterocycles. The van der Waals surface area contributed by atoms with Crippen molar-refractivity contribution < 1.29 is 4.79 Å². The second kappa shape index (κ2) is 5.34. The monoisotopic (exact) mass is 255 g/mol. The summed E-state index contributed by atoms with van der Waals surface area (Å²) in [6, 6.07) is 2.95. The van der Waals surface area contributed by atoms with E-state index in [0.29, 0.717) is 0 Å². The number of nitrogens with zero attached hydrogens (tertiary/aromatic N) is 1. The van der Waals surface area contributed by atoms with Gasteiger partial charge in [-0.1, -0.05) is 0 Å². The van der Waals surface area contributed by atoms with Gasteiger partial charge in [0.05, 0.1) is 4.88 Å². The van der Waals surface area contributed by atoms with Gasteiger partial charge in [0.15, 0.2) is 6.29 Å². The zero-order valence-corrected chi connectivity index (χ0v) is 11.4. The summed E-state index contributed by atoms with van der Waals surface area (Å²) in [6.07, 6.45) is 3.70. The highest BCUT2D eigenvalue weighted by Crippen LogP contribution is 2.30. The minimum atomic E-state index is 0.829. The van der Waals surface area contributed by atoms with Crippen LogP contribution >= 0.6 is 23.1 Å². The molecule has 0 aliphatic heterocycles. The van der Waals surface area contributed by atoms with Gasteiger partial charge in [-0.2, -0.15) is 0 Å². The number of hydrogen-bond acceptors (Lipinski definition) is 4. The number of hydrogen-bond donors (Lipinski definition) is 0. The summed E-state index contributed by atoms with van der Waals surface area (Å²) in [5.41, 5.74) is 0. The number of thioether (sulfide) groups is 1. The van der Waals surface area contributed by atoms with E-state index in [2.05, 4.69) is 24.9 Å². The Kier molecular flexibility index (Phi) is 4.05. The molecule has 0 aromatic carbocycles. The lowest BCUT2D eigenvalue weighted by molar-refractivity contribution is 0.112. The third kappa shape index (κ3) is 3.09. The van der Waals surface area contributed by atoms with Crippen LogP contribution in [-0.2, 0) is 0 Å². The van der Waals surface area contributed by atoms with E-state index < -0.39 is 0 Å². The van der Waals surface area contributed by atoms with Crippen molar-refractivity contribution in [2.75, 3.05) is 19.3 Å².